The largest absolute Gasteiger partial charge is 0.330 e. The van der Waals surface area contributed by atoms with Gasteiger partial charge in [0.2, 0.25) is 0 Å². The van der Waals surface area contributed by atoms with Gasteiger partial charge in [0.15, 0.2) is 0 Å². The maximum Gasteiger partial charge on any atom is 0.0375 e. The van der Waals surface area contributed by atoms with Crippen LogP contribution < -0.4 is 5.73 Å². The van der Waals surface area contributed by atoms with E-state index in [9.17, 15) is 0 Å². The second kappa shape index (κ2) is 2.56. The Balaban J connectivity index is 2.34. The number of aromatic nitrogens is 1. The first kappa shape index (κ1) is 7.74. The zero-order valence-electron chi connectivity index (χ0n) is 7.38. The minimum atomic E-state index is 0.313. The van der Waals surface area contributed by atoms with Crippen LogP contribution in [-0.2, 0) is 5.41 Å². The molecule has 0 aliphatic heterocycles. The number of nitrogens with zero attached hydrogens (tertiary/aromatic N) is 1. The van der Waals surface area contributed by atoms with E-state index in [0.29, 0.717) is 5.41 Å². The average molecular weight is 162 g/mol. The molecular formula is C10H14N2. The highest BCUT2D eigenvalue weighted by Crippen LogP contribution is 2.46. The molecule has 0 unspecified atom stereocenters. The third-order valence-corrected chi connectivity index (χ3v) is 2.75. The first-order chi connectivity index (χ1) is 5.77. The smallest absolute Gasteiger partial charge is 0.0375 e. The summed E-state index contributed by atoms with van der Waals surface area (Å²) < 4.78 is 0. The Kier molecular flexibility index (Phi) is 1.65. The van der Waals surface area contributed by atoms with Crippen LogP contribution in [0.3, 0.4) is 0 Å². The molecule has 64 valence electrons. The number of hydrogen-bond acceptors (Lipinski definition) is 2. The van der Waals surface area contributed by atoms with Crippen LogP contribution >= 0.6 is 0 Å². The SMILES string of the molecule is Cc1cc(C2(CN)CC2)ccn1. The molecule has 0 bridgehead atoms. The Morgan fingerprint density at radius 2 is 2.33 bits per heavy atom. The maximum absolute atomic E-state index is 5.73. The molecule has 1 aliphatic carbocycles. The number of rotatable bonds is 2. The Morgan fingerprint density at radius 1 is 1.58 bits per heavy atom. The monoisotopic (exact) mass is 162 g/mol. The maximum atomic E-state index is 5.73. The highest BCUT2D eigenvalue weighted by Gasteiger charge is 2.42. The molecule has 12 heavy (non-hydrogen) atoms. The summed E-state index contributed by atoms with van der Waals surface area (Å²) in [4.78, 5) is 4.17. The van der Waals surface area contributed by atoms with Gasteiger partial charge >= 0.3 is 0 Å². The molecule has 1 heterocycles. The van der Waals surface area contributed by atoms with Crippen molar-refractivity contribution in [1.29, 1.82) is 0 Å². The van der Waals surface area contributed by atoms with Crippen molar-refractivity contribution >= 4 is 0 Å². The van der Waals surface area contributed by atoms with Crippen LogP contribution in [0.15, 0.2) is 18.3 Å². The summed E-state index contributed by atoms with van der Waals surface area (Å²) in [5, 5.41) is 0. The molecule has 0 atom stereocenters. The van der Waals surface area contributed by atoms with E-state index < -0.39 is 0 Å². The average Bonchev–Trinajstić information content (AvgIpc) is 2.84. The van der Waals surface area contributed by atoms with Gasteiger partial charge in [-0.3, -0.25) is 4.98 Å². The van der Waals surface area contributed by atoms with Crippen molar-refractivity contribution in [2.24, 2.45) is 5.73 Å². The van der Waals surface area contributed by atoms with Gasteiger partial charge in [-0.25, -0.2) is 0 Å². The quantitative estimate of drug-likeness (QED) is 0.713. The van der Waals surface area contributed by atoms with E-state index in [2.05, 4.69) is 17.1 Å². The van der Waals surface area contributed by atoms with Gasteiger partial charge in [-0.1, -0.05) is 0 Å². The van der Waals surface area contributed by atoms with Crippen molar-refractivity contribution in [1.82, 2.24) is 4.98 Å². The van der Waals surface area contributed by atoms with E-state index in [-0.39, 0.29) is 0 Å². The van der Waals surface area contributed by atoms with Crippen molar-refractivity contribution < 1.29 is 0 Å². The van der Waals surface area contributed by atoms with Gasteiger partial charge in [0.25, 0.3) is 0 Å². The minimum absolute atomic E-state index is 0.313. The Labute approximate surface area is 72.8 Å². The van der Waals surface area contributed by atoms with Crippen molar-refractivity contribution in [2.75, 3.05) is 6.54 Å². The number of pyridine rings is 1. The van der Waals surface area contributed by atoms with Crippen LogP contribution in [0.25, 0.3) is 0 Å². The zero-order valence-corrected chi connectivity index (χ0v) is 7.38. The van der Waals surface area contributed by atoms with Gasteiger partial charge in [0.1, 0.15) is 0 Å². The highest BCUT2D eigenvalue weighted by atomic mass is 14.7. The van der Waals surface area contributed by atoms with Crippen molar-refractivity contribution in [3.8, 4) is 0 Å². The van der Waals surface area contributed by atoms with Gasteiger partial charge in [-0.2, -0.15) is 0 Å². The third kappa shape index (κ3) is 1.12. The molecule has 2 nitrogen and oxygen atoms in total. The lowest BCUT2D eigenvalue weighted by molar-refractivity contribution is 0.702. The van der Waals surface area contributed by atoms with E-state index in [0.717, 1.165) is 12.2 Å². The summed E-state index contributed by atoms with van der Waals surface area (Å²) in [6.07, 6.45) is 4.36. The van der Waals surface area contributed by atoms with Gasteiger partial charge in [0.05, 0.1) is 0 Å². The van der Waals surface area contributed by atoms with Crippen LogP contribution in [0.1, 0.15) is 24.1 Å². The summed E-state index contributed by atoms with van der Waals surface area (Å²) in [7, 11) is 0. The second-order valence-electron chi connectivity index (χ2n) is 3.67. The van der Waals surface area contributed by atoms with E-state index in [1.807, 2.05) is 13.1 Å². The predicted octanol–water partition coefficient (Wildman–Crippen LogP) is 1.38. The van der Waals surface area contributed by atoms with Gasteiger partial charge < -0.3 is 5.73 Å². The predicted molar refractivity (Wildman–Crippen MR) is 48.9 cm³/mol. The van der Waals surface area contributed by atoms with Crippen LogP contribution in [-0.4, -0.2) is 11.5 Å². The summed E-state index contributed by atoms with van der Waals surface area (Å²) in [6.45, 7) is 2.80. The topological polar surface area (TPSA) is 38.9 Å². The molecule has 1 saturated carbocycles. The first-order valence-corrected chi connectivity index (χ1v) is 4.40. The molecule has 2 N–H and O–H groups in total. The van der Waals surface area contributed by atoms with Crippen molar-refractivity contribution in [3.63, 3.8) is 0 Å². The molecular weight excluding hydrogens is 148 g/mol. The second-order valence-corrected chi connectivity index (χ2v) is 3.67. The van der Waals surface area contributed by atoms with Crippen molar-refractivity contribution in [2.45, 2.75) is 25.2 Å². The Bertz CT molecular complexity index is 290. The molecule has 1 aromatic rings. The van der Waals surface area contributed by atoms with E-state index in [1.54, 1.807) is 0 Å². The van der Waals surface area contributed by atoms with Gasteiger partial charge in [-0.15, -0.1) is 0 Å². The number of aryl methyl sites for hydroxylation is 1. The normalized spacial score (nSPS) is 19.2. The molecule has 1 aliphatic rings. The van der Waals surface area contributed by atoms with Crippen LogP contribution in [0.4, 0.5) is 0 Å². The van der Waals surface area contributed by atoms with Crippen LogP contribution in [0.2, 0.25) is 0 Å². The highest BCUT2D eigenvalue weighted by molar-refractivity contribution is 5.31. The third-order valence-electron chi connectivity index (χ3n) is 2.75. The number of hydrogen-bond donors (Lipinski definition) is 1. The summed E-state index contributed by atoms with van der Waals surface area (Å²) >= 11 is 0. The van der Waals surface area contributed by atoms with Crippen molar-refractivity contribution in [3.05, 3.63) is 29.6 Å². The fourth-order valence-corrected chi connectivity index (χ4v) is 1.64. The zero-order chi connectivity index (χ0) is 8.60. The van der Waals surface area contributed by atoms with Gasteiger partial charge in [0, 0.05) is 23.9 Å². The number of nitrogens with two attached hydrogens (primary N) is 1. The van der Waals surface area contributed by atoms with Crippen LogP contribution in [0.5, 0.6) is 0 Å². The Morgan fingerprint density at radius 3 is 2.83 bits per heavy atom. The first-order valence-electron chi connectivity index (χ1n) is 4.40. The van der Waals surface area contributed by atoms with E-state index in [4.69, 9.17) is 5.73 Å². The fraction of sp³-hybridized carbons (Fsp3) is 0.500. The molecule has 0 radical (unpaired) electrons. The molecule has 1 fully saturated rings. The molecule has 0 spiro atoms. The molecule has 1 aromatic heterocycles. The molecule has 2 heteroatoms. The minimum Gasteiger partial charge on any atom is -0.330 e. The Hall–Kier alpha value is -0.890. The van der Waals surface area contributed by atoms with Crippen LogP contribution in [0, 0.1) is 6.92 Å². The molecule has 0 amide bonds. The summed E-state index contributed by atoms with van der Waals surface area (Å²) in [5.74, 6) is 0. The lowest BCUT2D eigenvalue weighted by Crippen LogP contribution is -2.19. The summed E-state index contributed by atoms with van der Waals surface area (Å²) in [5.41, 5.74) is 8.51. The molecule has 0 saturated heterocycles. The summed E-state index contributed by atoms with van der Waals surface area (Å²) in [6, 6.07) is 4.24. The lowest BCUT2D eigenvalue weighted by atomic mass is 9.97. The lowest BCUT2D eigenvalue weighted by Gasteiger charge is -2.12. The van der Waals surface area contributed by atoms with Gasteiger partial charge in [-0.05, 0) is 37.5 Å². The molecule has 2 rings (SSSR count). The van der Waals surface area contributed by atoms with E-state index in [1.165, 1.54) is 18.4 Å². The van der Waals surface area contributed by atoms with E-state index >= 15 is 0 Å². The fourth-order valence-electron chi connectivity index (χ4n) is 1.64. The standard InChI is InChI=1S/C10H14N2/c1-8-6-9(2-5-12-8)10(7-11)3-4-10/h2,5-6H,3-4,7,11H2,1H3. The molecule has 0 aromatic carbocycles.